The Morgan fingerprint density at radius 2 is 1.69 bits per heavy atom. The van der Waals surface area contributed by atoms with Gasteiger partial charge in [-0.3, -0.25) is 9.59 Å². The van der Waals surface area contributed by atoms with Gasteiger partial charge in [-0.1, -0.05) is 54.6 Å². The predicted octanol–water partition coefficient (Wildman–Crippen LogP) is 3.74. The molecule has 0 aliphatic carbocycles. The molecule has 5 heteroatoms. The largest absolute Gasteiger partial charge is 0.354 e. The second-order valence-electron chi connectivity index (χ2n) is 9.46. The maximum absolute atomic E-state index is 13.7. The maximum atomic E-state index is 13.7. The summed E-state index contributed by atoms with van der Waals surface area (Å²) in [6, 6.07) is 18.6. The molecule has 32 heavy (non-hydrogen) atoms. The number of hydrogen-bond donors (Lipinski definition) is 1. The van der Waals surface area contributed by atoms with Gasteiger partial charge in [0.1, 0.15) is 5.54 Å². The number of likely N-dealkylation sites (tertiary alicyclic amines) is 2. The molecule has 0 aromatic heterocycles. The summed E-state index contributed by atoms with van der Waals surface area (Å²) in [4.78, 5) is 30.5. The highest BCUT2D eigenvalue weighted by atomic mass is 16.2. The molecule has 170 valence electrons. The van der Waals surface area contributed by atoms with Crippen LogP contribution in [0.3, 0.4) is 0 Å². The van der Waals surface area contributed by atoms with E-state index >= 15 is 0 Å². The van der Waals surface area contributed by atoms with E-state index in [0.717, 1.165) is 49.0 Å². The van der Waals surface area contributed by atoms with Gasteiger partial charge in [0.05, 0.1) is 0 Å². The lowest BCUT2D eigenvalue weighted by Crippen LogP contribution is -2.59. The van der Waals surface area contributed by atoms with E-state index in [-0.39, 0.29) is 11.8 Å². The lowest BCUT2D eigenvalue weighted by atomic mass is 9.83. The molecule has 1 N–H and O–H groups in total. The number of nitrogens with zero attached hydrogens (tertiary/aromatic N) is 2. The molecule has 0 spiro atoms. The minimum atomic E-state index is -0.817. The van der Waals surface area contributed by atoms with Crippen LogP contribution in [0.5, 0.6) is 0 Å². The second-order valence-corrected chi connectivity index (χ2v) is 9.46. The zero-order valence-electron chi connectivity index (χ0n) is 19.3. The normalized spacial score (nSPS) is 22.1. The Morgan fingerprint density at radius 1 is 1.00 bits per heavy atom. The number of piperidine rings is 1. The van der Waals surface area contributed by atoms with Crippen LogP contribution in [-0.4, -0.2) is 60.4 Å². The highest BCUT2D eigenvalue weighted by molar-refractivity contribution is 5.92. The van der Waals surface area contributed by atoms with Gasteiger partial charge in [-0.15, -0.1) is 0 Å². The first kappa shape index (κ1) is 22.5. The fourth-order valence-corrected chi connectivity index (χ4v) is 5.39. The first-order valence-electron chi connectivity index (χ1n) is 11.9. The Bertz CT molecular complexity index is 937. The average molecular weight is 434 g/mol. The molecule has 2 fully saturated rings. The summed E-state index contributed by atoms with van der Waals surface area (Å²) in [5, 5.41) is 3.26. The summed E-state index contributed by atoms with van der Waals surface area (Å²) in [5.74, 6) is 0.497. The number of carbonyl (C=O) groups is 2. The van der Waals surface area contributed by atoms with Crippen molar-refractivity contribution in [3.8, 4) is 11.1 Å². The smallest absolute Gasteiger partial charge is 0.246 e. The molecule has 2 aliphatic heterocycles. The number of amides is 2. The zero-order chi connectivity index (χ0) is 22.6. The van der Waals surface area contributed by atoms with Crippen molar-refractivity contribution in [2.45, 2.75) is 44.6 Å². The summed E-state index contributed by atoms with van der Waals surface area (Å²) in [6.45, 7) is 5.09. The van der Waals surface area contributed by atoms with Crippen molar-refractivity contribution in [2.75, 3.05) is 33.2 Å². The van der Waals surface area contributed by atoms with E-state index in [2.05, 4.69) is 41.5 Å². The molecule has 2 amide bonds. The molecular formula is C27H35N3O2. The number of benzene rings is 2. The topological polar surface area (TPSA) is 52.7 Å². The van der Waals surface area contributed by atoms with E-state index in [0.29, 0.717) is 31.8 Å². The van der Waals surface area contributed by atoms with Gasteiger partial charge in [-0.2, -0.15) is 0 Å². The van der Waals surface area contributed by atoms with Gasteiger partial charge in [0, 0.05) is 26.4 Å². The first-order valence-corrected chi connectivity index (χ1v) is 11.9. The van der Waals surface area contributed by atoms with Crippen molar-refractivity contribution in [3.63, 3.8) is 0 Å². The van der Waals surface area contributed by atoms with Crippen molar-refractivity contribution in [1.82, 2.24) is 15.1 Å². The third-order valence-electron chi connectivity index (χ3n) is 7.27. The molecule has 2 saturated heterocycles. The SMILES string of the molecule is CC(=O)N1CCCC1(Cc1ccccc1-c1ccccc1)C(=O)NCC1CCN(C)CC1. The van der Waals surface area contributed by atoms with Crippen LogP contribution in [0, 0.1) is 5.92 Å². The summed E-state index contributed by atoms with van der Waals surface area (Å²) in [6.07, 6.45) is 4.31. The minimum Gasteiger partial charge on any atom is -0.354 e. The monoisotopic (exact) mass is 433 g/mol. The molecule has 1 atom stereocenters. The first-order chi connectivity index (χ1) is 15.5. The average Bonchev–Trinajstić information content (AvgIpc) is 3.24. The molecule has 2 heterocycles. The Kier molecular flexibility index (Phi) is 6.95. The summed E-state index contributed by atoms with van der Waals surface area (Å²) in [5.41, 5.74) is 2.56. The Hall–Kier alpha value is -2.66. The third-order valence-corrected chi connectivity index (χ3v) is 7.27. The highest BCUT2D eigenvalue weighted by Gasteiger charge is 2.49. The van der Waals surface area contributed by atoms with E-state index < -0.39 is 5.54 Å². The van der Waals surface area contributed by atoms with Crippen LogP contribution < -0.4 is 5.32 Å². The lowest BCUT2D eigenvalue weighted by molar-refractivity contribution is -0.143. The lowest BCUT2D eigenvalue weighted by Gasteiger charge is -2.38. The molecule has 5 nitrogen and oxygen atoms in total. The maximum Gasteiger partial charge on any atom is 0.246 e. The molecule has 1 unspecified atom stereocenters. The van der Waals surface area contributed by atoms with E-state index in [1.165, 1.54) is 0 Å². The Labute approximate surface area is 191 Å². The van der Waals surface area contributed by atoms with Gasteiger partial charge in [-0.25, -0.2) is 0 Å². The highest BCUT2D eigenvalue weighted by Crippen LogP contribution is 2.36. The fraction of sp³-hybridized carbons (Fsp3) is 0.481. The van der Waals surface area contributed by atoms with Crippen LogP contribution in [0.2, 0.25) is 0 Å². The molecule has 2 aromatic carbocycles. The Balaban J connectivity index is 1.59. The predicted molar refractivity (Wildman–Crippen MR) is 128 cm³/mol. The molecule has 0 bridgehead atoms. The molecule has 4 rings (SSSR count). The number of nitrogens with one attached hydrogen (secondary N) is 1. The number of hydrogen-bond acceptors (Lipinski definition) is 3. The summed E-state index contributed by atoms with van der Waals surface area (Å²) in [7, 11) is 2.15. The van der Waals surface area contributed by atoms with Crippen LogP contribution in [0.4, 0.5) is 0 Å². The van der Waals surface area contributed by atoms with Gasteiger partial charge in [-0.05, 0) is 68.4 Å². The van der Waals surface area contributed by atoms with Crippen molar-refractivity contribution in [3.05, 3.63) is 60.2 Å². The van der Waals surface area contributed by atoms with Crippen molar-refractivity contribution in [1.29, 1.82) is 0 Å². The standard InChI is InChI=1S/C27H35N3O2/c1-21(31)30-16-8-15-27(30,26(32)28-20-22-13-17-29(2)18-14-22)19-24-11-6-7-12-25(24)23-9-4-3-5-10-23/h3-7,9-12,22H,8,13-20H2,1-2H3,(H,28,32). The fourth-order valence-electron chi connectivity index (χ4n) is 5.39. The van der Waals surface area contributed by atoms with E-state index in [4.69, 9.17) is 0 Å². The molecule has 0 radical (unpaired) electrons. The van der Waals surface area contributed by atoms with Crippen LogP contribution >= 0.6 is 0 Å². The summed E-state index contributed by atoms with van der Waals surface area (Å²) >= 11 is 0. The van der Waals surface area contributed by atoms with Gasteiger partial charge in [0.25, 0.3) is 0 Å². The van der Waals surface area contributed by atoms with E-state index in [1.54, 1.807) is 6.92 Å². The third kappa shape index (κ3) is 4.73. The Morgan fingerprint density at radius 3 is 2.41 bits per heavy atom. The second kappa shape index (κ2) is 9.86. The zero-order valence-corrected chi connectivity index (χ0v) is 19.3. The van der Waals surface area contributed by atoms with Gasteiger partial charge >= 0.3 is 0 Å². The molecular weight excluding hydrogens is 398 g/mol. The van der Waals surface area contributed by atoms with Crippen LogP contribution in [-0.2, 0) is 16.0 Å². The van der Waals surface area contributed by atoms with E-state index in [9.17, 15) is 9.59 Å². The van der Waals surface area contributed by atoms with Gasteiger partial charge in [0.2, 0.25) is 11.8 Å². The molecule has 2 aromatic rings. The van der Waals surface area contributed by atoms with Crippen molar-refractivity contribution >= 4 is 11.8 Å². The van der Waals surface area contributed by atoms with Crippen LogP contribution in [0.15, 0.2) is 54.6 Å². The van der Waals surface area contributed by atoms with Crippen molar-refractivity contribution in [2.24, 2.45) is 5.92 Å². The molecule has 0 saturated carbocycles. The number of rotatable bonds is 6. The molecule has 2 aliphatic rings. The van der Waals surface area contributed by atoms with Gasteiger partial charge in [0.15, 0.2) is 0 Å². The van der Waals surface area contributed by atoms with Crippen LogP contribution in [0.25, 0.3) is 11.1 Å². The summed E-state index contributed by atoms with van der Waals surface area (Å²) < 4.78 is 0. The van der Waals surface area contributed by atoms with Crippen molar-refractivity contribution < 1.29 is 9.59 Å². The minimum absolute atomic E-state index is 0.00647. The van der Waals surface area contributed by atoms with E-state index in [1.807, 2.05) is 35.2 Å². The quantitative estimate of drug-likeness (QED) is 0.755. The van der Waals surface area contributed by atoms with Gasteiger partial charge < -0.3 is 15.1 Å². The number of carbonyl (C=O) groups excluding carboxylic acids is 2. The van der Waals surface area contributed by atoms with Crippen LogP contribution in [0.1, 0.15) is 38.2 Å².